The molecular weight excluding hydrogens is 248 g/mol. The number of aliphatic hydroxyl groups excluding tert-OH is 1. The van der Waals surface area contributed by atoms with Gasteiger partial charge in [0.2, 0.25) is 0 Å². The Hall–Kier alpha value is -1.46. The van der Waals surface area contributed by atoms with Gasteiger partial charge in [0.05, 0.1) is 28.4 Å². The van der Waals surface area contributed by atoms with Crippen LogP contribution < -0.4 is 0 Å². The van der Waals surface area contributed by atoms with Gasteiger partial charge < -0.3 is 10.0 Å². The van der Waals surface area contributed by atoms with E-state index in [-0.39, 0.29) is 18.6 Å². The summed E-state index contributed by atoms with van der Waals surface area (Å²) in [5.41, 5.74) is 3.40. The van der Waals surface area contributed by atoms with E-state index in [1.54, 1.807) is 10.4 Å². The SMILES string of the molecule is O=C(c1ccc2ncsc2c1)N1CCC[C@H]1CO. The summed E-state index contributed by atoms with van der Waals surface area (Å²) in [5.74, 6) is 0.0156. The molecule has 0 saturated carbocycles. The van der Waals surface area contributed by atoms with Crippen LogP contribution >= 0.6 is 11.3 Å². The van der Waals surface area contributed by atoms with Gasteiger partial charge in [-0.25, -0.2) is 4.98 Å². The van der Waals surface area contributed by atoms with Crippen molar-refractivity contribution in [2.45, 2.75) is 18.9 Å². The lowest BCUT2D eigenvalue weighted by molar-refractivity contribution is 0.0678. The molecule has 0 spiro atoms. The van der Waals surface area contributed by atoms with Gasteiger partial charge in [-0.2, -0.15) is 0 Å². The molecule has 1 N–H and O–H groups in total. The van der Waals surface area contributed by atoms with Crippen molar-refractivity contribution < 1.29 is 9.90 Å². The van der Waals surface area contributed by atoms with Gasteiger partial charge in [-0.15, -0.1) is 11.3 Å². The molecule has 3 rings (SSSR count). The number of rotatable bonds is 2. The van der Waals surface area contributed by atoms with E-state index < -0.39 is 0 Å². The fourth-order valence-corrected chi connectivity index (χ4v) is 3.16. The molecule has 1 aromatic heterocycles. The molecule has 0 aliphatic carbocycles. The number of nitrogens with zero attached hydrogens (tertiary/aromatic N) is 2. The van der Waals surface area contributed by atoms with E-state index >= 15 is 0 Å². The summed E-state index contributed by atoms with van der Waals surface area (Å²) >= 11 is 1.54. The minimum atomic E-state index is -0.0188. The molecule has 1 aliphatic heterocycles. The highest BCUT2D eigenvalue weighted by molar-refractivity contribution is 7.16. The summed E-state index contributed by atoms with van der Waals surface area (Å²) in [4.78, 5) is 18.4. The lowest BCUT2D eigenvalue weighted by atomic mass is 10.1. The fourth-order valence-electron chi connectivity index (χ4n) is 2.45. The van der Waals surface area contributed by atoms with Gasteiger partial charge in [-0.05, 0) is 31.0 Å². The zero-order valence-electron chi connectivity index (χ0n) is 9.87. The number of fused-ring (bicyclic) bond motifs is 1. The van der Waals surface area contributed by atoms with Crippen molar-refractivity contribution >= 4 is 27.5 Å². The largest absolute Gasteiger partial charge is 0.394 e. The first-order valence-electron chi connectivity index (χ1n) is 6.04. The number of likely N-dealkylation sites (tertiary alicyclic amines) is 1. The van der Waals surface area contributed by atoms with Crippen molar-refractivity contribution in [3.8, 4) is 0 Å². The lowest BCUT2D eigenvalue weighted by Crippen LogP contribution is -2.37. The molecule has 4 nitrogen and oxygen atoms in total. The molecule has 1 fully saturated rings. The Morgan fingerprint density at radius 3 is 3.28 bits per heavy atom. The second kappa shape index (κ2) is 4.66. The van der Waals surface area contributed by atoms with Gasteiger partial charge >= 0.3 is 0 Å². The summed E-state index contributed by atoms with van der Waals surface area (Å²) in [5, 5.41) is 9.27. The van der Waals surface area contributed by atoms with Crippen LogP contribution in [0.1, 0.15) is 23.2 Å². The molecule has 0 radical (unpaired) electrons. The molecule has 1 saturated heterocycles. The summed E-state index contributed by atoms with van der Waals surface area (Å²) in [7, 11) is 0. The van der Waals surface area contributed by atoms with Crippen LogP contribution in [0.25, 0.3) is 10.2 Å². The number of benzene rings is 1. The number of thiazole rings is 1. The molecule has 1 aromatic carbocycles. The molecule has 0 unspecified atom stereocenters. The number of aliphatic hydroxyl groups is 1. The van der Waals surface area contributed by atoms with Gasteiger partial charge in [0.1, 0.15) is 0 Å². The Morgan fingerprint density at radius 2 is 2.44 bits per heavy atom. The molecule has 5 heteroatoms. The van der Waals surface area contributed by atoms with E-state index in [0.717, 1.165) is 29.6 Å². The number of amides is 1. The normalized spacial score (nSPS) is 19.6. The minimum Gasteiger partial charge on any atom is -0.394 e. The Balaban J connectivity index is 1.91. The Labute approximate surface area is 109 Å². The highest BCUT2D eigenvalue weighted by atomic mass is 32.1. The summed E-state index contributed by atoms with van der Waals surface area (Å²) in [6, 6.07) is 5.57. The fraction of sp³-hybridized carbons (Fsp3) is 0.385. The maximum absolute atomic E-state index is 12.4. The smallest absolute Gasteiger partial charge is 0.254 e. The quantitative estimate of drug-likeness (QED) is 0.899. The minimum absolute atomic E-state index is 0.0156. The topological polar surface area (TPSA) is 53.4 Å². The number of aromatic nitrogens is 1. The monoisotopic (exact) mass is 262 g/mol. The van der Waals surface area contributed by atoms with Crippen LogP contribution in [0.2, 0.25) is 0 Å². The predicted octanol–water partition coefficient (Wildman–Crippen LogP) is 1.89. The van der Waals surface area contributed by atoms with Crippen LogP contribution in [0, 0.1) is 0 Å². The van der Waals surface area contributed by atoms with Gasteiger partial charge in [0, 0.05) is 12.1 Å². The number of hydrogen-bond donors (Lipinski definition) is 1. The van der Waals surface area contributed by atoms with Crippen LogP contribution in [0.15, 0.2) is 23.7 Å². The molecular formula is C13H14N2O2S. The van der Waals surface area contributed by atoms with Crippen molar-refractivity contribution in [1.82, 2.24) is 9.88 Å². The Kier molecular flexibility index (Phi) is 3.01. The van der Waals surface area contributed by atoms with Gasteiger partial charge in [0.25, 0.3) is 5.91 Å². The van der Waals surface area contributed by atoms with E-state index in [1.165, 1.54) is 11.3 Å². The highest BCUT2D eigenvalue weighted by Crippen LogP contribution is 2.23. The third-order valence-electron chi connectivity index (χ3n) is 3.43. The van der Waals surface area contributed by atoms with Crippen LogP contribution in [-0.2, 0) is 0 Å². The first-order valence-corrected chi connectivity index (χ1v) is 6.92. The maximum atomic E-state index is 12.4. The predicted molar refractivity (Wildman–Crippen MR) is 70.8 cm³/mol. The van der Waals surface area contributed by atoms with Crippen LogP contribution in [-0.4, -0.2) is 40.1 Å². The molecule has 1 aliphatic rings. The zero-order valence-corrected chi connectivity index (χ0v) is 10.7. The Bertz CT molecular complexity index is 581. The standard InChI is InChI=1S/C13H14N2O2S/c16-7-10-2-1-5-15(10)13(17)9-3-4-11-12(6-9)18-8-14-11/h3-4,6,8,10,16H,1-2,5,7H2/t10-/m0/s1. The van der Waals surface area contributed by atoms with E-state index in [1.807, 2.05) is 18.2 Å². The average molecular weight is 262 g/mol. The van der Waals surface area contributed by atoms with Crippen molar-refractivity contribution in [2.24, 2.45) is 0 Å². The van der Waals surface area contributed by atoms with Crippen LogP contribution in [0.3, 0.4) is 0 Å². The summed E-state index contributed by atoms with van der Waals surface area (Å²) < 4.78 is 1.03. The Morgan fingerprint density at radius 1 is 1.56 bits per heavy atom. The maximum Gasteiger partial charge on any atom is 0.254 e. The van der Waals surface area contributed by atoms with Crippen molar-refractivity contribution in [1.29, 1.82) is 0 Å². The van der Waals surface area contributed by atoms with Crippen molar-refractivity contribution in [2.75, 3.05) is 13.2 Å². The van der Waals surface area contributed by atoms with Gasteiger partial charge in [-0.1, -0.05) is 0 Å². The van der Waals surface area contributed by atoms with Crippen LogP contribution in [0.4, 0.5) is 0 Å². The third kappa shape index (κ3) is 1.89. The molecule has 2 aromatic rings. The third-order valence-corrected chi connectivity index (χ3v) is 4.22. The first kappa shape index (κ1) is 11.6. The van der Waals surface area contributed by atoms with E-state index in [2.05, 4.69) is 4.98 Å². The number of carbonyl (C=O) groups is 1. The molecule has 2 heterocycles. The number of carbonyl (C=O) groups excluding carboxylic acids is 1. The molecule has 0 bridgehead atoms. The highest BCUT2D eigenvalue weighted by Gasteiger charge is 2.28. The molecule has 18 heavy (non-hydrogen) atoms. The average Bonchev–Trinajstić information content (AvgIpc) is 3.05. The lowest BCUT2D eigenvalue weighted by Gasteiger charge is -2.23. The van der Waals surface area contributed by atoms with Crippen molar-refractivity contribution in [3.05, 3.63) is 29.3 Å². The van der Waals surface area contributed by atoms with E-state index in [4.69, 9.17) is 0 Å². The van der Waals surface area contributed by atoms with E-state index in [0.29, 0.717) is 5.56 Å². The van der Waals surface area contributed by atoms with Crippen molar-refractivity contribution in [3.63, 3.8) is 0 Å². The first-order chi connectivity index (χ1) is 8.79. The van der Waals surface area contributed by atoms with E-state index in [9.17, 15) is 9.90 Å². The zero-order chi connectivity index (χ0) is 12.5. The van der Waals surface area contributed by atoms with Gasteiger partial charge in [0.15, 0.2) is 0 Å². The second-order valence-corrected chi connectivity index (χ2v) is 5.40. The molecule has 1 atom stereocenters. The molecule has 94 valence electrons. The van der Waals surface area contributed by atoms with Crippen LogP contribution in [0.5, 0.6) is 0 Å². The van der Waals surface area contributed by atoms with Gasteiger partial charge in [-0.3, -0.25) is 4.79 Å². The number of hydrogen-bond acceptors (Lipinski definition) is 4. The second-order valence-electron chi connectivity index (χ2n) is 4.51. The molecule has 1 amide bonds. The summed E-state index contributed by atoms with van der Waals surface area (Å²) in [6.45, 7) is 0.791. The summed E-state index contributed by atoms with van der Waals surface area (Å²) in [6.07, 6.45) is 1.87.